The van der Waals surface area contributed by atoms with E-state index in [0.29, 0.717) is 26.7 Å². The highest BCUT2D eigenvalue weighted by molar-refractivity contribution is 7.14. The van der Waals surface area contributed by atoms with Gasteiger partial charge >= 0.3 is 0 Å². The molecule has 27 heavy (non-hydrogen) atoms. The summed E-state index contributed by atoms with van der Waals surface area (Å²) in [4.78, 5) is 16.8. The number of nitrogens with zero attached hydrogens (tertiary/aromatic N) is 1. The maximum atomic E-state index is 12.3. The van der Waals surface area contributed by atoms with Crippen molar-refractivity contribution in [3.8, 4) is 22.8 Å². The minimum atomic E-state index is -0.169. The lowest BCUT2D eigenvalue weighted by atomic mass is 10.1. The van der Waals surface area contributed by atoms with Crippen LogP contribution in [0.3, 0.4) is 0 Å². The largest absolute Gasteiger partial charge is 0.493 e. The Hall–Kier alpha value is -2.28. The van der Waals surface area contributed by atoms with Crippen LogP contribution in [0.15, 0.2) is 41.8 Å². The molecule has 0 unspecified atom stereocenters. The number of carbonyl (C=O) groups excluding carboxylic acids is 1. The zero-order valence-corrected chi connectivity index (χ0v) is 16.9. The molecule has 1 heterocycles. The van der Waals surface area contributed by atoms with Crippen molar-refractivity contribution in [1.29, 1.82) is 0 Å². The van der Waals surface area contributed by atoms with Gasteiger partial charge in [-0.05, 0) is 29.8 Å². The molecule has 2 aromatic carbocycles. The van der Waals surface area contributed by atoms with Gasteiger partial charge in [0.2, 0.25) is 5.91 Å². The number of nitrogens with one attached hydrogen (secondary N) is 1. The van der Waals surface area contributed by atoms with E-state index < -0.39 is 0 Å². The molecule has 5 nitrogen and oxygen atoms in total. The second-order valence-corrected chi connectivity index (χ2v) is 7.25. The van der Waals surface area contributed by atoms with Crippen molar-refractivity contribution in [3.05, 3.63) is 57.4 Å². The van der Waals surface area contributed by atoms with Gasteiger partial charge in [0, 0.05) is 10.9 Å². The quantitative estimate of drug-likeness (QED) is 0.583. The molecule has 0 saturated carbocycles. The van der Waals surface area contributed by atoms with E-state index in [-0.39, 0.29) is 12.3 Å². The zero-order chi connectivity index (χ0) is 19.4. The van der Waals surface area contributed by atoms with Crippen LogP contribution in [-0.2, 0) is 11.2 Å². The van der Waals surface area contributed by atoms with Crippen LogP contribution in [0.5, 0.6) is 11.5 Å². The Labute approximate surface area is 170 Å². The SMILES string of the molecule is COc1ccc(CC(=O)Nc2nc(-c3ccc(Cl)c(Cl)c3)cs2)cc1OC. The summed E-state index contributed by atoms with van der Waals surface area (Å²) >= 11 is 13.3. The second-order valence-electron chi connectivity index (χ2n) is 5.58. The molecule has 0 aliphatic heterocycles. The molecule has 3 aromatic rings. The molecule has 0 aliphatic carbocycles. The van der Waals surface area contributed by atoms with Gasteiger partial charge in [-0.3, -0.25) is 4.79 Å². The van der Waals surface area contributed by atoms with Crippen molar-refractivity contribution < 1.29 is 14.3 Å². The van der Waals surface area contributed by atoms with Crippen LogP contribution in [0, 0.1) is 0 Å². The number of benzene rings is 2. The Morgan fingerprint density at radius 2 is 1.85 bits per heavy atom. The average molecular weight is 423 g/mol. The fourth-order valence-corrected chi connectivity index (χ4v) is 3.49. The first-order valence-electron chi connectivity index (χ1n) is 7.92. The Morgan fingerprint density at radius 3 is 2.56 bits per heavy atom. The van der Waals surface area contributed by atoms with Gasteiger partial charge in [-0.25, -0.2) is 4.98 Å². The molecular formula is C19H16Cl2N2O3S. The molecule has 1 amide bonds. The zero-order valence-electron chi connectivity index (χ0n) is 14.6. The topological polar surface area (TPSA) is 60.5 Å². The van der Waals surface area contributed by atoms with Gasteiger partial charge in [0.05, 0.1) is 36.4 Å². The first-order chi connectivity index (χ1) is 13.0. The third-order valence-corrected chi connectivity index (χ3v) is 5.28. The minimum absolute atomic E-state index is 0.169. The Morgan fingerprint density at radius 1 is 1.07 bits per heavy atom. The lowest BCUT2D eigenvalue weighted by molar-refractivity contribution is -0.115. The van der Waals surface area contributed by atoms with Gasteiger partial charge in [-0.1, -0.05) is 35.3 Å². The van der Waals surface area contributed by atoms with Crippen molar-refractivity contribution >= 4 is 45.6 Å². The average Bonchev–Trinajstić information content (AvgIpc) is 3.12. The summed E-state index contributed by atoms with van der Waals surface area (Å²) in [5.74, 6) is 1.03. The van der Waals surface area contributed by atoms with Crippen LogP contribution < -0.4 is 14.8 Å². The van der Waals surface area contributed by atoms with Crippen molar-refractivity contribution in [2.24, 2.45) is 0 Å². The summed E-state index contributed by atoms with van der Waals surface area (Å²) in [5.41, 5.74) is 2.37. The highest BCUT2D eigenvalue weighted by Crippen LogP contribution is 2.31. The number of ether oxygens (including phenoxy) is 2. The van der Waals surface area contributed by atoms with E-state index in [1.165, 1.54) is 11.3 Å². The smallest absolute Gasteiger partial charge is 0.230 e. The van der Waals surface area contributed by atoms with Gasteiger partial charge in [0.1, 0.15) is 0 Å². The van der Waals surface area contributed by atoms with Crippen molar-refractivity contribution in [2.45, 2.75) is 6.42 Å². The second kappa shape index (κ2) is 8.61. The van der Waals surface area contributed by atoms with Crippen molar-refractivity contribution in [1.82, 2.24) is 4.98 Å². The standard InChI is InChI=1S/C19H16Cl2N2O3S/c1-25-16-6-3-11(7-17(16)26-2)8-18(24)23-19-22-15(10-27-19)12-4-5-13(20)14(21)9-12/h3-7,9-10H,8H2,1-2H3,(H,22,23,24). The number of hydrogen-bond donors (Lipinski definition) is 1. The van der Waals surface area contributed by atoms with E-state index >= 15 is 0 Å². The molecule has 140 valence electrons. The number of halogens is 2. The number of anilines is 1. The number of thiazole rings is 1. The van der Waals surface area contributed by atoms with Gasteiger partial charge in [0.15, 0.2) is 16.6 Å². The molecule has 0 fully saturated rings. The lowest BCUT2D eigenvalue weighted by Gasteiger charge is -2.09. The molecular weight excluding hydrogens is 407 g/mol. The number of rotatable bonds is 6. The monoisotopic (exact) mass is 422 g/mol. The van der Waals surface area contributed by atoms with Gasteiger partial charge in [-0.15, -0.1) is 11.3 Å². The van der Waals surface area contributed by atoms with E-state index in [2.05, 4.69) is 10.3 Å². The summed E-state index contributed by atoms with van der Waals surface area (Å²) in [6.45, 7) is 0. The number of methoxy groups -OCH3 is 2. The normalized spacial score (nSPS) is 10.5. The van der Waals surface area contributed by atoms with E-state index in [1.807, 2.05) is 17.5 Å². The number of amides is 1. The summed E-state index contributed by atoms with van der Waals surface area (Å²) in [6, 6.07) is 10.7. The molecule has 3 rings (SSSR count). The minimum Gasteiger partial charge on any atom is -0.493 e. The number of aromatic nitrogens is 1. The molecule has 0 atom stereocenters. The Kier molecular flexibility index (Phi) is 6.21. The Balaban J connectivity index is 1.68. The fourth-order valence-electron chi connectivity index (χ4n) is 2.46. The van der Waals surface area contributed by atoms with Crippen molar-refractivity contribution in [2.75, 3.05) is 19.5 Å². The third kappa shape index (κ3) is 4.71. The maximum absolute atomic E-state index is 12.3. The highest BCUT2D eigenvalue weighted by Gasteiger charge is 2.12. The molecule has 0 radical (unpaired) electrons. The summed E-state index contributed by atoms with van der Waals surface area (Å²) in [5, 5.41) is 6.12. The van der Waals surface area contributed by atoms with E-state index in [9.17, 15) is 4.79 Å². The predicted molar refractivity (Wildman–Crippen MR) is 109 cm³/mol. The van der Waals surface area contributed by atoms with Crippen LogP contribution in [0.1, 0.15) is 5.56 Å². The molecule has 1 aromatic heterocycles. The first-order valence-corrected chi connectivity index (χ1v) is 9.55. The summed E-state index contributed by atoms with van der Waals surface area (Å²) < 4.78 is 10.5. The number of carbonyl (C=O) groups is 1. The van der Waals surface area contributed by atoms with Crippen LogP contribution in [0.2, 0.25) is 10.0 Å². The lowest BCUT2D eigenvalue weighted by Crippen LogP contribution is -2.14. The first kappa shape index (κ1) is 19.5. The Bertz CT molecular complexity index is 975. The molecule has 0 spiro atoms. The van der Waals surface area contributed by atoms with E-state index in [1.54, 1.807) is 38.5 Å². The third-order valence-electron chi connectivity index (χ3n) is 3.78. The maximum Gasteiger partial charge on any atom is 0.230 e. The predicted octanol–water partition coefficient (Wildman–Crippen LogP) is 5.32. The summed E-state index contributed by atoms with van der Waals surface area (Å²) in [6.07, 6.45) is 0.196. The van der Waals surface area contributed by atoms with Crippen LogP contribution in [0.25, 0.3) is 11.3 Å². The summed E-state index contributed by atoms with van der Waals surface area (Å²) in [7, 11) is 3.12. The number of hydrogen-bond acceptors (Lipinski definition) is 5. The molecule has 0 bridgehead atoms. The van der Waals surface area contributed by atoms with Gasteiger partial charge in [0.25, 0.3) is 0 Å². The van der Waals surface area contributed by atoms with Crippen LogP contribution >= 0.6 is 34.5 Å². The van der Waals surface area contributed by atoms with Crippen LogP contribution in [-0.4, -0.2) is 25.1 Å². The highest BCUT2D eigenvalue weighted by atomic mass is 35.5. The van der Waals surface area contributed by atoms with E-state index in [4.69, 9.17) is 32.7 Å². The van der Waals surface area contributed by atoms with Gasteiger partial charge < -0.3 is 14.8 Å². The fraction of sp³-hybridized carbons (Fsp3) is 0.158. The van der Waals surface area contributed by atoms with Crippen LogP contribution in [0.4, 0.5) is 5.13 Å². The van der Waals surface area contributed by atoms with E-state index in [0.717, 1.165) is 16.8 Å². The molecule has 0 aliphatic rings. The molecule has 0 saturated heterocycles. The molecule has 1 N–H and O–H groups in total. The molecule has 8 heteroatoms. The van der Waals surface area contributed by atoms with Crippen molar-refractivity contribution in [3.63, 3.8) is 0 Å². The van der Waals surface area contributed by atoms with Gasteiger partial charge in [-0.2, -0.15) is 0 Å².